The van der Waals surface area contributed by atoms with E-state index in [0.717, 1.165) is 25.8 Å². The van der Waals surface area contributed by atoms with E-state index in [-0.39, 0.29) is 17.9 Å². The van der Waals surface area contributed by atoms with Crippen LogP contribution >= 0.6 is 0 Å². The van der Waals surface area contributed by atoms with Crippen molar-refractivity contribution in [2.24, 2.45) is 0 Å². The fraction of sp³-hybridized carbons (Fsp3) is 0.417. The van der Waals surface area contributed by atoms with Crippen LogP contribution in [0, 0.1) is 0 Å². The Morgan fingerprint density at radius 2 is 1.86 bits per heavy atom. The van der Waals surface area contributed by atoms with Gasteiger partial charge in [0.1, 0.15) is 5.75 Å². The lowest BCUT2D eigenvalue weighted by Crippen LogP contribution is -2.40. The summed E-state index contributed by atoms with van der Waals surface area (Å²) in [4.78, 5) is 27.3. The van der Waals surface area contributed by atoms with Crippen LogP contribution in [0.5, 0.6) is 5.75 Å². The van der Waals surface area contributed by atoms with Crippen molar-refractivity contribution in [3.05, 3.63) is 65.7 Å². The van der Waals surface area contributed by atoms with Gasteiger partial charge >= 0.3 is 0 Å². The van der Waals surface area contributed by atoms with Crippen molar-refractivity contribution < 1.29 is 14.3 Å². The van der Waals surface area contributed by atoms with Crippen LogP contribution in [0.15, 0.2) is 54.6 Å². The molecule has 2 aromatic carbocycles. The van der Waals surface area contributed by atoms with Gasteiger partial charge in [-0.15, -0.1) is 0 Å². The van der Waals surface area contributed by atoms with Gasteiger partial charge in [-0.1, -0.05) is 49.4 Å². The first-order valence-corrected chi connectivity index (χ1v) is 10.4. The van der Waals surface area contributed by atoms with E-state index in [4.69, 9.17) is 4.74 Å². The number of benzene rings is 2. The summed E-state index contributed by atoms with van der Waals surface area (Å²) in [6, 6.07) is 17.8. The predicted octanol–water partition coefficient (Wildman–Crippen LogP) is 4.00. The Labute approximate surface area is 173 Å². The van der Waals surface area contributed by atoms with E-state index in [1.165, 1.54) is 5.56 Å². The van der Waals surface area contributed by atoms with Crippen LogP contribution in [-0.4, -0.2) is 43.0 Å². The summed E-state index contributed by atoms with van der Waals surface area (Å²) in [5, 5.41) is 2.85. The standard InChI is InChI=1S/C24H30N2O3/c1-3-19(18-10-5-4-6-11-18)21-13-9-17-26(21)23(27)15-16-25-24(28)20-12-7-8-14-22(20)29-2/h4-8,10-12,14,19,21H,3,9,13,15-17H2,1-2H3,(H,25,28). The van der Waals surface area contributed by atoms with Crippen molar-refractivity contribution in [2.75, 3.05) is 20.2 Å². The van der Waals surface area contributed by atoms with Crippen LogP contribution in [0.4, 0.5) is 0 Å². The van der Waals surface area contributed by atoms with E-state index in [0.29, 0.717) is 30.2 Å². The normalized spacial score (nSPS) is 17.0. The smallest absolute Gasteiger partial charge is 0.255 e. The fourth-order valence-corrected chi connectivity index (χ4v) is 4.30. The minimum atomic E-state index is -0.219. The van der Waals surface area contributed by atoms with Crippen molar-refractivity contribution in [3.63, 3.8) is 0 Å². The lowest BCUT2D eigenvalue weighted by Gasteiger charge is -2.32. The van der Waals surface area contributed by atoms with Gasteiger partial charge < -0.3 is 15.0 Å². The molecule has 5 heteroatoms. The zero-order chi connectivity index (χ0) is 20.6. The number of likely N-dealkylation sites (tertiary alicyclic amines) is 1. The van der Waals surface area contributed by atoms with Crippen molar-refractivity contribution in [1.82, 2.24) is 10.2 Å². The van der Waals surface area contributed by atoms with E-state index < -0.39 is 0 Å². The maximum atomic E-state index is 12.9. The average molecular weight is 395 g/mol. The largest absolute Gasteiger partial charge is 0.496 e. The molecule has 2 amide bonds. The molecule has 3 rings (SSSR count). The lowest BCUT2D eigenvalue weighted by molar-refractivity contribution is -0.132. The number of para-hydroxylation sites is 1. The molecule has 1 aliphatic heterocycles. The molecule has 0 saturated carbocycles. The topological polar surface area (TPSA) is 58.6 Å². The van der Waals surface area contributed by atoms with Crippen molar-refractivity contribution >= 4 is 11.8 Å². The average Bonchev–Trinajstić information content (AvgIpc) is 3.24. The van der Waals surface area contributed by atoms with Gasteiger partial charge in [0, 0.05) is 31.5 Å². The molecule has 154 valence electrons. The second-order valence-corrected chi connectivity index (χ2v) is 7.43. The lowest BCUT2D eigenvalue weighted by atomic mass is 9.87. The Kier molecular flexibility index (Phi) is 7.28. The summed E-state index contributed by atoms with van der Waals surface area (Å²) in [6.07, 6.45) is 3.38. The first-order chi connectivity index (χ1) is 14.2. The highest BCUT2D eigenvalue weighted by Gasteiger charge is 2.34. The number of amides is 2. The molecule has 0 radical (unpaired) electrons. The molecule has 2 aromatic rings. The van der Waals surface area contributed by atoms with Gasteiger partial charge in [-0.3, -0.25) is 9.59 Å². The summed E-state index contributed by atoms with van der Waals surface area (Å²) < 4.78 is 5.23. The third kappa shape index (κ3) is 4.97. The molecule has 1 fully saturated rings. The van der Waals surface area contributed by atoms with Gasteiger partial charge in [0.05, 0.1) is 12.7 Å². The minimum absolute atomic E-state index is 0.113. The molecule has 2 unspecified atom stereocenters. The zero-order valence-corrected chi connectivity index (χ0v) is 17.3. The third-order valence-electron chi connectivity index (χ3n) is 5.73. The molecule has 29 heavy (non-hydrogen) atoms. The number of carbonyl (C=O) groups is 2. The number of hydrogen-bond donors (Lipinski definition) is 1. The van der Waals surface area contributed by atoms with E-state index in [1.807, 2.05) is 17.0 Å². The Morgan fingerprint density at radius 1 is 1.14 bits per heavy atom. The van der Waals surface area contributed by atoms with Crippen LogP contribution in [0.25, 0.3) is 0 Å². The van der Waals surface area contributed by atoms with Crippen LogP contribution in [0.3, 0.4) is 0 Å². The Hall–Kier alpha value is -2.82. The first-order valence-electron chi connectivity index (χ1n) is 10.4. The van der Waals surface area contributed by atoms with Crippen LogP contribution in [0.1, 0.15) is 54.4 Å². The predicted molar refractivity (Wildman–Crippen MR) is 114 cm³/mol. The molecule has 1 N–H and O–H groups in total. The number of carbonyl (C=O) groups excluding carboxylic acids is 2. The molecule has 2 atom stereocenters. The molecule has 0 aromatic heterocycles. The van der Waals surface area contributed by atoms with E-state index in [9.17, 15) is 9.59 Å². The SMILES string of the molecule is CCC(c1ccccc1)C1CCCN1C(=O)CCNC(=O)c1ccccc1OC. The molecular formula is C24H30N2O3. The number of rotatable bonds is 8. The van der Waals surface area contributed by atoms with Crippen molar-refractivity contribution in [2.45, 2.75) is 44.6 Å². The molecule has 1 saturated heterocycles. The van der Waals surface area contributed by atoms with Gasteiger partial charge in [-0.25, -0.2) is 0 Å². The Morgan fingerprint density at radius 3 is 2.59 bits per heavy atom. The van der Waals surface area contributed by atoms with E-state index in [2.05, 4.69) is 36.5 Å². The van der Waals surface area contributed by atoms with Crippen molar-refractivity contribution in [1.29, 1.82) is 0 Å². The van der Waals surface area contributed by atoms with Crippen LogP contribution in [-0.2, 0) is 4.79 Å². The number of methoxy groups -OCH3 is 1. The van der Waals surface area contributed by atoms with Gasteiger partial charge in [-0.2, -0.15) is 0 Å². The highest BCUT2D eigenvalue weighted by atomic mass is 16.5. The fourth-order valence-electron chi connectivity index (χ4n) is 4.30. The second kappa shape index (κ2) is 10.1. The van der Waals surface area contributed by atoms with Gasteiger partial charge in [0.25, 0.3) is 5.91 Å². The number of hydrogen-bond acceptors (Lipinski definition) is 3. The molecular weight excluding hydrogens is 364 g/mol. The molecule has 1 heterocycles. The maximum Gasteiger partial charge on any atom is 0.255 e. The number of nitrogens with zero attached hydrogens (tertiary/aromatic N) is 1. The first kappa shape index (κ1) is 20.9. The molecule has 1 aliphatic rings. The summed E-state index contributed by atoms with van der Waals surface area (Å²) in [5.41, 5.74) is 1.78. The van der Waals surface area contributed by atoms with Gasteiger partial charge in [0.15, 0.2) is 0 Å². The van der Waals surface area contributed by atoms with E-state index in [1.54, 1.807) is 25.3 Å². The third-order valence-corrected chi connectivity index (χ3v) is 5.73. The quantitative estimate of drug-likeness (QED) is 0.736. The van der Waals surface area contributed by atoms with Crippen LogP contribution < -0.4 is 10.1 Å². The Balaban J connectivity index is 1.58. The highest BCUT2D eigenvalue weighted by molar-refractivity contribution is 5.97. The number of nitrogens with one attached hydrogen (secondary N) is 1. The van der Waals surface area contributed by atoms with Gasteiger partial charge in [0.2, 0.25) is 5.91 Å². The maximum absolute atomic E-state index is 12.9. The molecule has 0 aliphatic carbocycles. The minimum Gasteiger partial charge on any atom is -0.496 e. The Bertz CT molecular complexity index is 822. The van der Waals surface area contributed by atoms with Crippen molar-refractivity contribution in [3.8, 4) is 5.75 Å². The summed E-state index contributed by atoms with van der Waals surface area (Å²) >= 11 is 0. The summed E-state index contributed by atoms with van der Waals surface area (Å²) in [7, 11) is 1.54. The molecule has 0 bridgehead atoms. The zero-order valence-electron chi connectivity index (χ0n) is 17.3. The summed E-state index contributed by atoms with van der Waals surface area (Å²) in [5.74, 6) is 0.779. The van der Waals surface area contributed by atoms with E-state index >= 15 is 0 Å². The molecule has 5 nitrogen and oxygen atoms in total. The highest BCUT2D eigenvalue weighted by Crippen LogP contribution is 2.33. The van der Waals surface area contributed by atoms with Gasteiger partial charge in [-0.05, 0) is 37.0 Å². The number of ether oxygens (including phenoxy) is 1. The summed E-state index contributed by atoms with van der Waals surface area (Å²) in [6.45, 7) is 3.31. The van der Waals surface area contributed by atoms with Crippen LogP contribution in [0.2, 0.25) is 0 Å². The molecule has 0 spiro atoms. The monoisotopic (exact) mass is 394 g/mol. The second-order valence-electron chi connectivity index (χ2n) is 7.43.